The fourth-order valence-electron chi connectivity index (χ4n) is 0.494. The molecule has 0 fully saturated rings. The normalized spacial score (nSPS) is 10.3. The first-order chi connectivity index (χ1) is 4.79. The molecule has 4 nitrogen and oxygen atoms in total. The van der Waals surface area contributed by atoms with E-state index in [1.807, 2.05) is 13.8 Å². The van der Waals surface area contributed by atoms with Crippen molar-refractivity contribution in [2.75, 3.05) is 5.48 Å². The largest absolute Gasteiger partial charge is 0.272 e. The summed E-state index contributed by atoms with van der Waals surface area (Å²) in [5, 5.41) is 6.44. The van der Waals surface area contributed by atoms with Gasteiger partial charge in [-0.3, -0.25) is 9.94 Å². The van der Waals surface area contributed by atoms with E-state index in [9.17, 15) is 0 Å². The molecule has 0 saturated carbocycles. The number of hydrogen-bond donors (Lipinski definition) is 2. The highest BCUT2D eigenvalue weighted by molar-refractivity contribution is 5.28. The van der Waals surface area contributed by atoms with Crippen molar-refractivity contribution in [3.8, 4) is 0 Å². The molecule has 0 aliphatic heterocycles. The minimum absolute atomic E-state index is 0.170. The second kappa shape index (κ2) is 3.22. The fourth-order valence-corrected chi connectivity index (χ4v) is 0.494. The summed E-state index contributed by atoms with van der Waals surface area (Å²) in [5.41, 5.74) is 2.71. The van der Waals surface area contributed by atoms with E-state index in [0.29, 0.717) is 0 Å². The molecule has 0 unspecified atom stereocenters. The Hall–Kier alpha value is -1.03. The molecular weight excluding hydrogens is 130 g/mol. The van der Waals surface area contributed by atoms with Crippen LogP contribution in [0.2, 0.25) is 0 Å². The van der Waals surface area contributed by atoms with Crippen molar-refractivity contribution in [3.05, 3.63) is 12.3 Å². The highest BCUT2D eigenvalue weighted by Gasteiger charge is 1.93. The quantitative estimate of drug-likeness (QED) is 0.621. The Morgan fingerprint density at radius 1 is 1.70 bits per heavy atom. The molecule has 1 aromatic rings. The molecule has 0 aliphatic rings. The number of aromatic nitrogens is 2. The molecule has 0 saturated heterocycles. The lowest BCUT2D eigenvalue weighted by Crippen LogP contribution is -2.08. The van der Waals surface area contributed by atoms with Crippen LogP contribution in [0.15, 0.2) is 12.3 Å². The van der Waals surface area contributed by atoms with Crippen LogP contribution < -0.4 is 5.48 Å². The van der Waals surface area contributed by atoms with Crippen LogP contribution in [0, 0.1) is 0 Å². The van der Waals surface area contributed by atoms with Gasteiger partial charge in [-0.05, 0) is 13.8 Å². The van der Waals surface area contributed by atoms with Gasteiger partial charge in [0.25, 0.3) is 0 Å². The second-order valence-corrected chi connectivity index (χ2v) is 2.24. The second-order valence-electron chi connectivity index (χ2n) is 2.24. The average Bonchev–Trinajstić information content (AvgIpc) is 2.34. The van der Waals surface area contributed by atoms with Crippen molar-refractivity contribution in [1.82, 2.24) is 10.2 Å². The molecular formula is C6H11N3O. The Morgan fingerprint density at radius 3 is 3.00 bits per heavy atom. The highest BCUT2D eigenvalue weighted by atomic mass is 16.7. The molecule has 1 heterocycles. The van der Waals surface area contributed by atoms with E-state index in [2.05, 4.69) is 15.7 Å². The zero-order valence-corrected chi connectivity index (χ0v) is 6.09. The molecule has 0 atom stereocenters. The van der Waals surface area contributed by atoms with E-state index >= 15 is 0 Å². The van der Waals surface area contributed by atoms with Crippen molar-refractivity contribution >= 4 is 5.82 Å². The maximum Gasteiger partial charge on any atom is 0.145 e. The standard InChI is InChI=1S/C6H11N3O/c1-5(2)10-9-6-3-4-7-8-6/h3-5H,1-2H3,(H2,7,8,9). The number of H-pyrrole nitrogens is 1. The third-order valence-corrected chi connectivity index (χ3v) is 0.905. The van der Waals surface area contributed by atoms with Gasteiger partial charge in [0, 0.05) is 6.07 Å². The summed E-state index contributed by atoms with van der Waals surface area (Å²) in [7, 11) is 0. The van der Waals surface area contributed by atoms with E-state index < -0.39 is 0 Å². The molecule has 56 valence electrons. The lowest BCUT2D eigenvalue weighted by molar-refractivity contribution is 0.129. The van der Waals surface area contributed by atoms with E-state index in [-0.39, 0.29) is 6.10 Å². The van der Waals surface area contributed by atoms with Crippen molar-refractivity contribution in [3.63, 3.8) is 0 Å². The molecule has 1 rings (SSSR count). The SMILES string of the molecule is CC(C)ONc1ccn[nH]1. The summed E-state index contributed by atoms with van der Waals surface area (Å²) in [6, 6.07) is 1.79. The molecule has 0 aromatic carbocycles. The number of aromatic amines is 1. The van der Waals surface area contributed by atoms with Crippen LogP contribution in [-0.4, -0.2) is 16.3 Å². The number of anilines is 1. The summed E-state index contributed by atoms with van der Waals surface area (Å²) in [4.78, 5) is 5.06. The fraction of sp³-hybridized carbons (Fsp3) is 0.500. The van der Waals surface area contributed by atoms with Crippen LogP contribution in [0.5, 0.6) is 0 Å². The number of nitrogens with one attached hydrogen (secondary N) is 2. The van der Waals surface area contributed by atoms with Gasteiger partial charge in [-0.1, -0.05) is 0 Å². The highest BCUT2D eigenvalue weighted by Crippen LogP contribution is 1.99. The van der Waals surface area contributed by atoms with Crippen LogP contribution >= 0.6 is 0 Å². The monoisotopic (exact) mass is 141 g/mol. The van der Waals surface area contributed by atoms with Crippen LogP contribution in [0.25, 0.3) is 0 Å². The Labute approximate surface area is 59.5 Å². The molecule has 0 amide bonds. The van der Waals surface area contributed by atoms with E-state index in [0.717, 1.165) is 5.82 Å². The minimum Gasteiger partial charge on any atom is -0.272 e. The summed E-state index contributed by atoms with van der Waals surface area (Å²) in [6.07, 6.45) is 1.83. The summed E-state index contributed by atoms with van der Waals surface area (Å²) >= 11 is 0. The lowest BCUT2D eigenvalue weighted by atomic mass is 10.5. The number of rotatable bonds is 3. The van der Waals surface area contributed by atoms with Gasteiger partial charge in [-0.2, -0.15) is 5.10 Å². The molecule has 0 radical (unpaired) electrons. The van der Waals surface area contributed by atoms with Gasteiger partial charge in [-0.25, -0.2) is 5.48 Å². The predicted octanol–water partition coefficient (Wildman–Crippen LogP) is 1.16. The topological polar surface area (TPSA) is 49.9 Å². The first-order valence-electron chi connectivity index (χ1n) is 3.20. The molecule has 2 N–H and O–H groups in total. The van der Waals surface area contributed by atoms with Crippen LogP contribution in [0.4, 0.5) is 5.82 Å². The number of nitrogens with zero attached hydrogens (tertiary/aromatic N) is 1. The summed E-state index contributed by atoms with van der Waals surface area (Å²) in [5.74, 6) is 0.772. The van der Waals surface area contributed by atoms with Crippen molar-refractivity contribution in [2.45, 2.75) is 20.0 Å². The van der Waals surface area contributed by atoms with Crippen LogP contribution in [0.1, 0.15) is 13.8 Å². The molecule has 10 heavy (non-hydrogen) atoms. The summed E-state index contributed by atoms with van der Waals surface area (Å²) in [6.45, 7) is 3.90. The Morgan fingerprint density at radius 2 is 2.50 bits per heavy atom. The van der Waals surface area contributed by atoms with Gasteiger partial charge in [0.05, 0.1) is 12.3 Å². The summed E-state index contributed by atoms with van der Waals surface area (Å²) < 4.78 is 0. The van der Waals surface area contributed by atoms with Gasteiger partial charge >= 0.3 is 0 Å². The Balaban J connectivity index is 2.28. The van der Waals surface area contributed by atoms with E-state index in [4.69, 9.17) is 4.84 Å². The van der Waals surface area contributed by atoms with Crippen molar-refractivity contribution < 1.29 is 4.84 Å². The van der Waals surface area contributed by atoms with Gasteiger partial charge in [0.2, 0.25) is 0 Å². The maximum absolute atomic E-state index is 5.06. The smallest absolute Gasteiger partial charge is 0.145 e. The van der Waals surface area contributed by atoms with Crippen LogP contribution in [-0.2, 0) is 4.84 Å². The van der Waals surface area contributed by atoms with E-state index in [1.165, 1.54) is 0 Å². The average molecular weight is 141 g/mol. The van der Waals surface area contributed by atoms with E-state index in [1.54, 1.807) is 12.3 Å². The van der Waals surface area contributed by atoms with Gasteiger partial charge in [-0.15, -0.1) is 0 Å². The lowest BCUT2D eigenvalue weighted by Gasteiger charge is -2.06. The first-order valence-corrected chi connectivity index (χ1v) is 3.20. The van der Waals surface area contributed by atoms with Crippen LogP contribution in [0.3, 0.4) is 0 Å². The maximum atomic E-state index is 5.06. The minimum atomic E-state index is 0.170. The Kier molecular flexibility index (Phi) is 2.28. The van der Waals surface area contributed by atoms with Gasteiger partial charge < -0.3 is 0 Å². The Bertz CT molecular complexity index is 171. The molecule has 4 heteroatoms. The molecule has 0 spiro atoms. The molecule has 0 bridgehead atoms. The third-order valence-electron chi connectivity index (χ3n) is 0.905. The molecule has 1 aromatic heterocycles. The predicted molar refractivity (Wildman–Crippen MR) is 38.4 cm³/mol. The third kappa shape index (κ3) is 2.06. The number of hydrogen-bond acceptors (Lipinski definition) is 3. The van der Waals surface area contributed by atoms with Crippen molar-refractivity contribution in [1.29, 1.82) is 0 Å². The zero-order chi connectivity index (χ0) is 7.40. The van der Waals surface area contributed by atoms with Gasteiger partial charge in [0.1, 0.15) is 5.82 Å². The molecule has 0 aliphatic carbocycles. The first kappa shape index (κ1) is 7.08. The zero-order valence-electron chi connectivity index (χ0n) is 6.09. The van der Waals surface area contributed by atoms with Crippen molar-refractivity contribution in [2.24, 2.45) is 0 Å². The van der Waals surface area contributed by atoms with Gasteiger partial charge in [0.15, 0.2) is 0 Å².